The molecule has 0 aliphatic heterocycles. The molecule has 0 radical (unpaired) electrons. The first-order chi connectivity index (χ1) is 11.6. The molecule has 2 aromatic heterocycles. The maximum absolute atomic E-state index is 12.0. The zero-order chi connectivity index (χ0) is 16.9. The molecule has 1 amide bonds. The van der Waals surface area contributed by atoms with Gasteiger partial charge >= 0.3 is 0 Å². The predicted molar refractivity (Wildman–Crippen MR) is 91.5 cm³/mol. The lowest BCUT2D eigenvalue weighted by atomic mass is 10.1. The number of nitrogens with zero attached hydrogens (tertiary/aromatic N) is 3. The molecule has 1 aromatic carbocycles. The van der Waals surface area contributed by atoms with Gasteiger partial charge in [-0.2, -0.15) is 5.10 Å². The lowest BCUT2D eigenvalue weighted by molar-refractivity contribution is -0.115. The van der Waals surface area contributed by atoms with Gasteiger partial charge in [-0.15, -0.1) is 0 Å². The van der Waals surface area contributed by atoms with Crippen molar-refractivity contribution < 1.29 is 4.79 Å². The van der Waals surface area contributed by atoms with Crippen molar-refractivity contribution in [2.45, 2.75) is 6.42 Å². The Labute approximate surface area is 138 Å². The zero-order valence-corrected chi connectivity index (χ0v) is 13.1. The Morgan fingerprint density at radius 1 is 1.08 bits per heavy atom. The minimum atomic E-state index is -0.187. The molecule has 0 spiro atoms. The lowest BCUT2D eigenvalue weighted by Gasteiger charge is -2.06. The van der Waals surface area contributed by atoms with Crippen molar-refractivity contribution in [2.24, 2.45) is 7.05 Å². The van der Waals surface area contributed by atoms with E-state index >= 15 is 0 Å². The number of anilines is 1. The number of hydrogen-bond donors (Lipinski definition) is 1. The highest BCUT2D eigenvalue weighted by molar-refractivity contribution is 5.91. The van der Waals surface area contributed by atoms with E-state index in [1.54, 1.807) is 31.6 Å². The average molecular weight is 320 g/mol. The molecule has 0 aliphatic carbocycles. The number of amides is 1. The van der Waals surface area contributed by atoms with Crippen molar-refractivity contribution in [3.63, 3.8) is 0 Å². The van der Waals surface area contributed by atoms with Gasteiger partial charge in [0.2, 0.25) is 5.91 Å². The molecule has 0 unspecified atom stereocenters. The summed E-state index contributed by atoms with van der Waals surface area (Å²) in [4.78, 5) is 27.9. The topological polar surface area (TPSA) is 76.9 Å². The number of aryl methyl sites for hydroxylation is 1. The van der Waals surface area contributed by atoms with Crippen molar-refractivity contribution in [3.05, 3.63) is 76.8 Å². The van der Waals surface area contributed by atoms with E-state index in [1.807, 2.05) is 30.3 Å². The number of aromatic nitrogens is 3. The fraction of sp³-hybridized carbons (Fsp3) is 0.111. The van der Waals surface area contributed by atoms with Crippen LogP contribution in [0.1, 0.15) is 5.56 Å². The monoisotopic (exact) mass is 320 g/mol. The number of rotatable bonds is 4. The van der Waals surface area contributed by atoms with E-state index in [2.05, 4.69) is 15.4 Å². The van der Waals surface area contributed by atoms with Crippen LogP contribution in [-0.4, -0.2) is 20.7 Å². The van der Waals surface area contributed by atoms with Gasteiger partial charge in [0.15, 0.2) is 0 Å². The average Bonchev–Trinajstić information content (AvgIpc) is 2.59. The van der Waals surface area contributed by atoms with Crippen LogP contribution < -0.4 is 10.9 Å². The number of pyridine rings is 1. The third-order valence-electron chi connectivity index (χ3n) is 3.54. The van der Waals surface area contributed by atoms with E-state index in [4.69, 9.17) is 0 Å². The van der Waals surface area contributed by atoms with E-state index < -0.39 is 0 Å². The van der Waals surface area contributed by atoms with Crippen molar-refractivity contribution in [1.82, 2.24) is 14.8 Å². The van der Waals surface area contributed by atoms with E-state index in [0.717, 1.165) is 11.1 Å². The first-order valence-electron chi connectivity index (χ1n) is 7.45. The van der Waals surface area contributed by atoms with Crippen LogP contribution in [0.4, 0.5) is 5.82 Å². The van der Waals surface area contributed by atoms with Gasteiger partial charge in [0.25, 0.3) is 5.56 Å². The number of nitrogens with one attached hydrogen (secondary N) is 1. The molecule has 6 nitrogen and oxygen atoms in total. The Bertz CT molecular complexity index is 902. The van der Waals surface area contributed by atoms with Gasteiger partial charge in [-0.3, -0.25) is 9.59 Å². The summed E-state index contributed by atoms with van der Waals surface area (Å²) in [7, 11) is 1.59. The Hall–Kier alpha value is -3.28. The Morgan fingerprint density at radius 2 is 1.88 bits per heavy atom. The molecule has 3 rings (SSSR count). The van der Waals surface area contributed by atoms with Gasteiger partial charge in [-0.05, 0) is 17.7 Å². The predicted octanol–water partition coefficient (Wildman–Crippen LogP) is 2.02. The highest BCUT2D eigenvalue weighted by Crippen LogP contribution is 2.17. The van der Waals surface area contributed by atoms with Crippen LogP contribution in [-0.2, 0) is 18.3 Å². The smallest absolute Gasteiger partial charge is 0.267 e. The fourth-order valence-corrected chi connectivity index (χ4v) is 2.23. The van der Waals surface area contributed by atoms with Gasteiger partial charge in [0, 0.05) is 30.4 Å². The molecule has 0 atom stereocenters. The summed E-state index contributed by atoms with van der Waals surface area (Å²) in [5.41, 5.74) is 2.21. The van der Waals surface area contributed by atoms with Gasteiger partial charge in [-0.25, -0.2) is 9.67 Å². The second kappa shape index (κ2) is 6.87. The minimum Gasteiger partial charge on any atom is -0.310 e. The van der Waals surface area contributed by atoms with Crippen LogP contribution in [0.15, 0.2) is 65.7 Å². The summed E-state index contributed by atoms with van der Waals surface area (Å²) >= 11 is 0. The maximum atomic E-state index is 12.0. The Balaban J connectivity index is 1.69. The van der Waals surface area contributed by atoms with Crippen LogP contribution in [0.2, 0.25) is 0 Å². The third-order valence-corrected chi connectivity index (χ3v) is 3.54. The quantitative estimate of drug-likeness (QED) is 0.798. The van der Waals surface area contributed by atoms with Crippen LogP contribution in [0.25, 0.3) is 11.1 Å². The number of carbonyl (C=O) groups is 1. The molecule has 1 N–H and O–H groups in total. The van der Waals surface area contributed by atoms with Crippen LogP contribution in [0.5, 0.6) is 0 Å². The second-order valence-corrected chi connectivity index (χ2v) is 5.35. The standard InChI is InChI=1S/C18H16N4O2/c1-22-18(24)10-15(12-20-22)14-7-8-16(19-11-14)21-17(23)9-13-5-3-2-4-6-13/h2-8,10-12H,9H2,1H3,(H,19,21,23). The normalized spacial score (nSPS) is 10.4. The highest BCUT2D eigenvalue weighted by Gasteiger charge is 2.06. The first-order valence-corrected chi connectivity index (χ1v) is 7.45. The maximum Gasteiger partial charge on any atom is 0.267 e. The fourth-order valence-electron chi connectivity index (χ4n) is 2.23. The van der Waals surface area contributed by atoms with Gasteiger partial charge in [0.05, 0.1) is 12.6 Å². The third kappa shape index (κ3) is 3.73. The molecule has 0 saturated heterocycles. The van der Waals surface area contributed by atoms with E-state index in [9.17, 15) is 9.59 Å². The SMILES string of the molecule is Cn1ncc(-c2ccc(NC(=O)Cc3ccccc3)nc2)cc1=O. The van der Waals surface area contributed by atoms with Crippen LogP contribution in [0.3, 0.4) is 0 Å². The molecule has 0 fully saturated rings. The Morgan fingerprint density at radius 3 is 2.54 bits per heavy atom. The molecule has 0 aliphatic rings. The van der Waals surface area contributed by atoms with Gasteiger partial charge in [-0.1, -0.05) is 30.3 Å². The van der Waals surface area contributed by atoms with E-state index in [-0.39, 0.29) is 11.5 Å². The summed E-state index contributed by atoms with van der Waals surface area (Å²) in [5.74, 6) is 0.341. The first kappa shape index (κ1) is 15.6. The summed E-state index contributed by atoms with van der Waals surface area (Å²) in [6.45, 7) is 0. The lowest BCUT2D eigenvalue weighted by Crippen LogP contribution is -2.18. The van der Waals surface area contributed by atoms with Crippen molar-refractivity contribution in [2.75, 3.05) is 5.32 Å². The molecular weight excluding hydrogens is 304 g/mol. The summed E-state index contributed by atoms with van der Waals surface area (Å²) in [6, 6.07) is 14.5. The van der Waals surface area contributed by atoms with Gasteiger partial charge < -0.3 is 5.32 Å². The minimum absolute atomic E-state index is 0.128. The Kier molecular flexibility index (Phi) is 4.47. The summed E-state index contributed by atoms with van der Waals surface area (Å²) in [6.07, 6.45) is 3.50. The van der Waals surface area contributed by atoms with Crippen molar-refractivity contribution in [1.29, 1.82) is 0 Å². The van der Waals surface area contributed by atoms with Crippen LogP contribution in [0, 0.1) is 0 Å². The highest BCUT2D eigenvalue weighted by atomic mass is 16.1. The molecule has 6 heteroatoms. The molecule has 0 saturated carbocycles. The number of benzene rings is 1. The number of hydrogen-bond acceptors (Lipinski definition) is 4. The van der Waals surface area contributed by atoms with E-state index in [0.29, 0.717) is 17.8 Å². The summed E-state index contributed by atoms with van der Waals surface area (Å²) < 4.78 is 1.26. The molecule has 2 heterocycles. The molecule has 24 heavy (non-hydrogen) atoms. The summed E-state index contributed by atoms with van der Waals surface area (Å²) in [5, 5.41) is 6.74. The molecule has 120 valence electrons. The second-order valence-electron chi connectivity index (χ2n) is 5.35. The largest absolute Gasteiger partial charge is 0.310 e. The van der Waals surface area contributed by atoms with E-state index in [1.165, 1.54) is 10.7 Å². The molecule has 0 bridgehead atoms. The van der Waals surface area contributed by atoms with Crippen molar-refractivity contribution >= 4 is 11.7 Å². The molecular formula is C18H16N4O2. The van der Waals surface area contributed by atoms with Crippen molar-refractivity contribution in [3.8, 4) is 11.1 Å². The van der Waals surface area contributed by atoms with Gasteiger partial charge in [0.1, 0.15) is 5.82 Å². The molecule has 3 aromatic rings. The van der Waals surface area contributed by atoms with Crippen LogP contribution >= 0.6 is 0 Å². The zero-order valence-electron chi connectivity index (χ0n) is 13.1. The number of carbonyl (C=O) groups excluding carboxylic acids is 1.